The number of hydrogen-bond acceptors (Lipinski definition) is 4. The predicted molar refractivity (Wildman–Crippen MR) is 79.4 cm³/mol. The summed E-state index contributed by atoms with van der Waals surface area (Å²) in [5.41, 5.74) is 1.14. The van der Waals surface area contributed by atoms with Crippen molar-refractivity contribution in [1.29, 1.82) is 5.26 Å². The highest BCUT2D eigenvalue weighted by atomic mass is 32.1. The number of rotatable bonds is 5. The van der Waals surface area contributed by atoms with Gasteiger partial charge < -0.3 is 4.90 Å². The molecule has 0 atom stereocenters. The standard InChI is InChI=1S/C15H23N3S/c1-2-13-14(7-9-16)19-15(17-13)8-12-18-10-5-3-4-6-11-18/h2-8,10-12H2,1H3. The number of hydrogen-bond donors (Lipinski definition) is 0. The van der Waals surface area contributed by atoms with Crippen LogP contribution in [0.5, 0.6) is 0 Å². The Morgan fingerprint density at radius 2 is 2.00 bits per heavy atom. The Hall–Kier alpha value is -0.920. The molecule has 0 radical (unpaired) electrons. The first-order chi connectivity index (χ1) is 9.33. The molecule has 0 aliphatic carbocycles. The summed E-state index contributed by atoms with van der Waals surface area (Å²) in [5.74, 6) is 0. The van der Waals surface area contributed by atoms with Crippen molar-refractivity contribution in [1.82, 2.24) is 9.88 Å². The van der Waals surface area contributed by atoms with Gasteiger partial charge in [0.25, 0.3) is 0 Å². The molecule has 4 heteroatoms. The molecule has 1 saturated heterocycles. The first kappa shape index (κ1) is 14.5. The van der Waals surface area contributed by atoms with Gasteiger partial charge in [-0.15, -0.1) is 11.3 Å². The lowest BCUT2D eigenvalue weighted by atomic mass is 10.2. The molecule has 0 aromatic carbocycles. The second kappa shape index (κ2) is 7.62. The van der Waals surface area contributed by atoms with Crippen molar-refractivity contribution < 1.29 is 0 Å². The van der Waals surface area contributed by atoms with Crippen LogP contribution in [0.1, 0.15) is 48.2 Å². The van der Waals surface area contributed by atoms with Crippen molar-refractivity contribution in [3.63, 3.8) is 0 Å². The summed E-state index contributed by atoms with van der Waals surface area (Å²) in [4.78, 5) is 8.45. The summed E-state index contributed by atoms with van der Waals surface area (Å²) in [6.07, 6.45) is 7.97. The van der Waals surface area contributed by atoms with Gasteiger partial charge in [-0.1, -0.05) is 19.8 Å². The molecule has 2 heterocycles. The second-order valence-corrected chi connectivity index (χ2v) is 6.34. The summed E-state index contributed by atoms with van der Waals surface area (Å²) in [6, 6.07) is 2.25. The molecule has 0 amide bonds. The molecular formula is C15H23N3S. The topological polar surface area (TPSA) is 39.9 Å². The van der Waals surface area contributed by atoms with Gasteiger partial charge in [0.1, 0.15) is 0 Å². The fourth-order valence-corrected chi connectivity index (χ4v) is 3.72. The van der Waals surface area contributed by atoms with E-state index < -0.39 is 0 Å². The molecule has 0 saturated carbocycles. The third kappa shape index (κ3) is 4.29. The maximum atomic E-state index is 8.83. The molecule has 0 unspecified atom stereocenters. The van der Waals surface area contributed by atoms with Gasteiger partial charge in [0.15, 0.2) is 0 Å². The highest BCUT2D eigenvalue weighted by Gasteiger charge is 2.12. The molecule has 0 N–H and O–H groups in total. The van der Waals surface area contributed by atoms with E-state index in [4.69, 9.17) is 10.2 Å². The zero-order valence-electron chi connectivity index (χ0n) is 11.8. The molecule has 1 aromatic rings. The Morgan fingerprint density at radius 3 is 2.63 bits per heavy atom. The van der Waals surface area contributed by atoms with Gasteiger partial charge in [-0.25, -0.2) is 4.98 Å². The maximum absolute atomic E-state index is 8.83. The SMILES string of the molecule is CCc1nc(CCN2CCCCCC2)sc1CC#N. The van der Waals surface area contributed by atoms with Crippen molar-refractivity contribution in [2.45, 2.75) is 51.9 Å². The van der Waals surface area contributed by atoms with E-state index in [-0.39, 0.29) is 0 Å². The zero-order chi connectivity index (χ0) is 13.5. The fourth-order valence-electron chi connectivity index (χ4n) is 2.64. The molecule has 1 fully saturated rings. The van der Waals surface area contributed by atoms with E-state index in [2.05, 4.69) is 17.9 Å². The highest BCUT2D eigenvalue weighted by Crippen LogP contribution is 2.21. The summed E-state index contributed by atoms with van der Waals surface area (Å²) < 4.78 is 0. The Balaban J connectivity index is 1.89. The molecule has 19 heavy (non-hydrogen) atoms. The molecule has 0 spiro atoms. The van der Waals surface area contributed by atoms with E-state index >= 15 is 0 Å². The van der Waals surface area contributed by atoms with E-state index in [1.807, 2.05) is 0 Å². The molecule has 1 aromatic heterocycles. The smallest absolute Gasteiger partial charge is 0.0944 e. The van der Waals surface area contributed by atoms with Gasteiger partial charge in [-0.3, -0.25) is 0 Å². The van der Waals surface area contributed by atoms with Crippen LogP contribution in [0.25, 0.3) is 0 Å². The van der Waals surface area contributed by atoms with Crippen LogP contribution < -0.4 is 0 Å². The molecule has 2 rings (SSSR count). The highest BCUT2D eigenvalue weighted by molar-refractivity contribution is 7.11. The van der Waals surface area contributed by atoms with E-state index in [9.17, 15) is 0 Å². The number of aryl methyl sites for hydroxylation is 1. The quantitative estimate of drug-likeness (QED) is 0.830. The van der Waals surface area contributed by atoms with Crippen LogP contribution in [-0.4, -0.2) is 29.5 Å². The van der Waals surface area contributed by atoms with Crippen molar-refractivity contribution in [2.75, 3.05) is 19.6 Å². The van der Waals surface area contributed by atoms with Crippen LogP contribution in [0.3, 0.4) is 0 Å². The third-order valence-corrected chi connectivity index (χ3v) is 4.90. The number of nitriles is 1. The lowest BCUT2D eigenvalue weighted by Gasteiger charge is -2.18. The predicted octanol–water partition coefficient (Wildman–Crippen LogP) is 3.19. The molecule has 1 aliphatic heterocycles. The van der Waals surface area contributed by atoms with Gasteiger partial charge in [0, 0.05) is 17.8 Å². The van der Waals surface area contributed by atoms with Crippen LogP contribution in [0.4, 0.5) is 0 Å². The minimum atomic E-state index is 0.518. The molecular weight excluding hydrogens is 254 g/mol. The van der Waals surface area contributed by atoms with Gasteiger partial charge in [0.05, 0.1) is 23.2 Å². The second-order valence-electron chi connectivity index (χ2n) is 5.17. The fraction of sp³-hybridized carbons (Fsp3) is 0.733. The van der Waals surface area contributed by atoms with E-state index in [1.54, 1.807) is 11.3 Å². The number of thiazole rings is 1. The molecule has 3 nitrogen and oxygen atoms in total. The minimum Gasteiger partial charge on any atom is -0.303 e. The van der Waals surface area contributed by atoms with E-state index in [1.165, 1.54) is 48.7 Å². The van der Waals surface area contributed by atoms with Gasteiger partial charge in [0.2, 0.25) is 0 Å². The molecule has 104 valence electrons. The first-order valence-corrected chi connectivity index (χ1v) is 8.22. The van der Waals surface area contributed by atoms with Crippen LogP contribution >= 0.6 is 11.3 Å². The Labute approximate surface area is 120 Å². The van der Waals surface area contributed by atoms with E-state index in [0.29, 0.717) is 6.42 Å². The van der Waals surface area contributed by atoms with Gasteiger partial charge >= 0.3 is 0 Å². The van der Waals surface area contributed by atoms with Crippen LogP contribution in [0.15, 0.2) is 0 Å². The van der Waals surface area contributed by atoms with Crippen LogP contribution in [0, 0.1) is 11.3 Å². The Morgan fingerprint density at radius 1 is 1.26 bits per heavy atom. The molecule has 0 bridgehead atoms. The summed E-state index contributed by atoms with van der Waals surface area (Å²) >= 11 is 1.74. The zero-order valence-corrected chi connectivity index (χ0v) is 12.6. The molecule has 1 aliphatic rings. The normalized spacial score (nSPS) is 17.1. The monoisotopic (exact) mass is 277 g/mol. The number of aromatic nitrogens is 1. The summed E-state index contributed by atoms with van der Waals surface area (Å²) in [5, 5.41) is 10.0. The van der Waals surface area contributed by atoms with Crippen molar-refractivity contribution in [3.05, 3.63) is 15.6 Å². The minimum absolute atomic E-state index is 0.518. The largest absolute Gasteiger partial charge is 0.303 e. The van der Waals surface area contributed by atoms with Gasteiger partial charge in [-0.05, 0) is 32.4 Å². The van der Waals surface area contributed by atoms with Crippen LogP contribution in [0.2, 0.25) is 0 Å². The van der Waals surface area contributed by atoms with Gasteiger partial charge in [-0.2, -0.15) is 5.26 Å². The lowest BCUT2D eigenvalue weighted by Crippen LogP contribution is -2.26. The maximum Gasteiger partial charge on any atom is 0.0944 e. The number of nitrogens with zero attached hydrogens (tertiary/aromatic N) is 3. The average molecular weight is 277 g/mol. The lowest BCUT2D eigenvalue weighted by molar-refractivity contribution is 0.288. The Bertz CT molecular complexity index is 425. The van der Waals surface area contributed by atoms with Crippen molar-refractivity contribution in [2.24, 2.45) is 0 Å². The number of likely N-dealkylation sites (tertiary alicyclic amines) is 1. The third-order valence-electron chi connectivity index (χ3n) is 3.74. The van der Waals surface area contributed by atoms with Crippen LogP contribution in [-0.2, 0) is 19.3 Å². The summed E-state index contributed by atoms with van der Waals surface area (Å²) in [7, 11) is 0. The summed E-state index contributed by atoms with van der Waals surface area (Å²) in [6.45, 7) is 5.74. The van der Waals surface area contributed by atoms with Crippen molar-refractivity contribution >= 4 is 11.3 Å². The Kier molecular flexibility index (Phi) is 5.81. The van der Waals surface area contributed by atoms with Crippen molar-refractivity contribution in [3.8, 4) is 6.07 Å². The van der Waals surface area contributed by atoms with E-state index in [0.717, 1.165) is 25.1 Å². The first-order valence-electron chi connectivity index (χ1n) is 7.40. The average Bonchev–Trinajstić information content (AvgIpc) is 2.63.